The topological polar surface area (TPSA) is 60.5 Å². The van der Waals surface area contributed by atoms with E-state index in [4.69, 9.17) is 9.47 Å². The fraction of sp³-hybridized carbons (Fsp3) is 0.182. The van der Waals surface area contributed by atoms with Gasteiger partial charge in [0.15, 0.2) is 6.61 Å². The molecule has 0 radical (unpaired) electrons. The molecule has 0 unspecified atom stereocenters. The third-order valence-electron chi connectivity index (χ3n) is 3.96. The fourth-order valence-corrected chi connectivity index (χ4v) is 2.48. The van der Waals surface area contributed by atoms with Gasteiger partial charge in [0.05, 0.1) is 11.7 Å². The van der Waals surface area contributed by atoms with Gasteiger partial charge in [-0.25, -0.2) is 0 Å². The molecule has 0 fully saturated rings. The van der Waals surface area contributed by atoms with Gasteiger partial charge in [-0.3, -0.25) is 9.78 Å². The summed E-state index contributed by atoms with van der Waals surface area (Å²) in [6, 6.07) is 20.4. The highest BCUT2D eigenvalue weighted by molar-refractivity contribution is 5.77. The van der Waals surface area contributed by atoms with Gasteiger partial charge in [-0.15, -0.1) is 0 Å². The van der Waals surface area contributed by atoms with E-state index in [1.54, 1.807) is 18.3 Å². The van der Waals surface area contributed by atoms with E-state index in [-0.39, 0.29) is 18.6 Å². The fourth-order valence-electron chi connectivity index (χ4n) is 2.48. The largest absolute Gasteiger partial charge is 0.484 e. The molecule has 27 heavy (non-hydrogen) atoms. The Morgan fingerprint density at radius 3 is 2.22 bits per heavy atom. The quantitative estimate of drug-likeness (QED) is 0.675. The molecule has 0 aliphatic heterocycles. The Morgan fingerprint density at radius 1 is 0.963 bits per heavy atom. The summed E-state index contributed by atoms with van der Waals surface area (Å²) in [6.07, 6.45) is 1.70. The maximum atomic E-state index is 12.0. The molecule has 1 aromatic heterocycles. The van der Waals surface area contributed by atoms with Gasteiger partial charge < -0.3 is 14.8 Å². The van der Waals surface area contributed by atoms with Crippen LogP contribution in [0.5, 0.6) is 17.2 Å². The zero-order chi connectivity index (χ0) is 19.1. The van der Waals surface area contributed by atoms with Crippen LogP contribution in [0.15, 0.2) is 72.9 Å². The van der Waals surface area contributed by atoms with Crippen molar-refractivity contribution in [3.63, 3.8) is 0 Å². The van der Waals surface area contributed by atoms with Crippen molar-refractivity contribution in [1.82, 2.24) is 10.3 Å². The third-order valence-corrected chi connectivity index (χ3v) is 3.96. The molecule has 1 heterocycles. The molecule has 2 aromatic carbocycles. The molecule has 0 saturated heterocycles. The zero-order valence-corrected chi connectivity index (χ0v) is 15.4. The number of hydrogen-bond donors (Lipinski definition) is 1. The Morgan fingerprint density at radius 2 is 1.59 bits per heavy atom. The monoisotopic (exact) mass is 362 g/mol. The summed E-state index contributed by atoms with van der Waals surface area (Å²) < 4.78 is 11.3. The maximum Gasteiger partial charge on any atom is 0.258 e. The molecule has 0 spiro atoms. The molecule has 3 aromatic rings. The summed E-state index contributed by atoms with van der Waals surface area (Å²) in [5.74, 6) is 1.89. The normalized spacial score (nSPS) is 11.5. The van der Waals surface area contributed by atoms with Gasteiger partial charge >= 0.3 is 0 Å². The lowest BCUT2D eigenvalue weighted by Gasteiger charge is -2.14. The SMILES string of the molecule is Cc1ccc(Oc2ccc(OCC(=O)N[C@@H](C)c3ccccn3)cc2)cc1. The molecule has 1 atom stereocenters. The van der Waals surface area contributed by atoms with E-state index in [2.05, 4.69) is 10.3 Å². The van der Waals surface area contributed by atoms with Gasteiger partial charge in [0.2, 0.25) is 0 Å². The average molecular weight is 362 g/mol. The molecule has 1 N–H and O–H groups in total. The molecule has 5 nitrogen and oxygen atoms in total. The van der Waals surface area contributed by atoms with Crippen LogP contribution in [0.3, 0.4) is 0 Å². The standard InChI is InChI=1S/C22H22N2O3/c1-16-6-8-19(9-7-16)27-20-12-10-18(11-13-20)26-15-22(25)24-17(2)21-5-3-4-14-23-21/h3-14,17H,15H2,1-2H3,(H,24,25)/t17-/m0/s1. The van der Waals surface area contributed by atoms with E-state index in [0.29, 0.717) is 11.5 Å². The van der Waals surface area contributed by atoms with Crippen LogP contribution < -0.4 is 14.8 Å². The van der Waals surface area contributed by atoms with Gasteiger partial charge in [-0.2, -0.15) is 0 Å². The molecule has 0 saturated carbocycles. The molecule has 0 aliphatic rings. The van der Waals surface area contributed by atoms with E-state index < -0.39 is 0 Å². The summed E-state index contributed by atoms with van der Waals surface area (Å²) in [5, 5.41) is 2.86. The molecule has 1 amide bonds. The summed E-state index contributed by atoms with van der Waals surface area (Å²) in [5.41, 5.74) is 1.99. The summed E-state index contributed by atoms with van der Waals surface area (Å²) in [4.78, 5) is 16.3. The summed E-state index contributed by atoms with van der Waals surface area (Å²) in [6.45, 7) is 3.86. The van der Waals surface area contributed by atoms with Crippen molar-refractivity contribution < 1.29 is 14.3 Å². The molecule has 138 valence electrons. The minimum atomic E-state index is -0.201. The van der Waals surface area contributed by atoms with E-state index in [1.807, 2.05) is 68.4 Å². The third kappa shape index (κ3) is 5.57. The number of nitrogens with zero attached hydrogens (tertiary/aromatic N) is 1. The van der Waals surface area contributed by atoms with Gasteiger partial charge in [-0.05, 0) is 62.4 Å². The molecular formula is C22H22N2O3. The summed E-state index contributed by atoms with van der Waals surface area (Å²) in [7, 11) is 0. The number of carbonyl (C=O) groups excluding carboxylic acids is 1. The van der Waals surface area contributed by atoms with Crippen LogP contribution in [0.25, 0.3) is 0 Å². The van der Waals surface area contributed by atoms with Crippen LogP contribution in [-0.2, 0) is 4.79 Å². The molecule has 3 rings (SSSR count). The van der Waals surface area contributed by atoms with Gasteiger partial charge in [0, 0.05) is 6.20 Å². The average Bonchev–Trinajstić information content (AvgIpc) is 2.70. The van der Waals surface area contributed by atoms with E-state index in [0.717, 1.165) is 11.4 Å². The van der Waals surface area contributed by atoms with Crippen molar-refractivity contribution in [3.05, 3.63) is 84.2 Å². The van der Waals surface area contributed by atoms with Crippen LogP contribution in [-0.4, -0.2) is 17.5 Å². The van der Waals surface area contributed by atoms with E-state index in [1.165, 1.54) is 5.56 Å². The second-order valence-electron chi connectivity index (χ2n) is 6.22. The predicted octanol–water partition coefficient (Wildman–Crippen LogP) is 4.44. The first-order valence-electron chi connectivity index (χ1n) is 8.78. The minimum absolute atomic E-state index is 0.0602. The number of carbonyl (C=O) groups is 1. The molecular weight excluding hydrogens is 340 g/mol. The van der Waals surface area contributed by atoms with Crippen molar-refractivity contribution in [3.8, 4) is 17.2 Å². The number of ether oxygens (including phenoxy) is 2. The van der Waals surface area contributed by atoms with Gasteiger partial charge in [0.25, 0.3) is 5.91 Å². The number of nitrogens with one attached hydrogen (secondary N) is 1. The van der Waals surface area contributed by atoms with Crippen LogP contribution in [0, 0.1) is 6.92 Å². The second kappa shape index (κ2) is 8.85. The molecule has 0 bridgehead atoms. The summed E-state index contributed by atoms with van der Waals surface area (Å²) >= 11 is 0. The molecule has 5 heteroatoms. The first-order chi connectivity index (χ1) is 13.1. The highest BCUT2D eigenvalue weighted by Crippen LogP contribution is 2.24. The van der Waals surface area contributed by atoms with Crippen molar-refractivity contribution in [2.75, 3.05) is 6.61 Å². The predicted molar refractivity (Wildman–Crippen MR) is 104 cm³/mol. The Kier molecular flexibility index (Phi) is 6.05. The van der Waals surface area contributed by atoms with Gasteiger partial charge in [-0.1, -0.05) is 23.8 Å². The van der Waals surface area contributed by atoms with Crippen molar-refractivity contribution in [1.29, 1.82) is 0 Å². The Hall–Kier alpha value is -3.34. The smallest absolute Gasteiger partial charge is 0.258 e. The number of aromatic nitrogens is 1. The lowest BCUT2D eigenvalue weighted by molar-refractivity contribution is -0.123. The number of hydrogen-bond acceptors (Lipinski definition) is 4. The maximum absolute atomic E-state index is 12.0. The van der Waals surface area contributed by atoms with Crippen LogP contribution in [0.2, 0.25) is 0 Å². The highest BCUT2D eigenvalue weighted by atomic mass is 16.5. The van der Waals surface area contributed by atoms with Crippen LogP contribution in [0.4, 0.5) is 0 Å². The molecule has 0 aliphatic carbocycles. The Labute approximate surface area is 159 Å². The Balaban J connectivity index is 1.48. The van der Waals surface area contributed by atoms with Crippen molar-refractivity contribution in [2.45, 2.75) is 19.9 Å². The highest BCUT2D eigenvalue weighted by Gasteiger charge is 2.10. The minimum Gasteiger partial charge on any atom is -0.484 e. The van der Waals surface area contributed by atoms with E-state index in [9.17, 15) is 4.79 Å². The van der Waals surface area contributed by atoms with E-state index >= 15 is 0 Å². The number of rotatable bonds is 7. The lowest BCUT2D eigenvalue weighted by Crippen LogP contribution is -2.31. The van der Waals surface area contributed by atoms with Gasteiger partial charge in [0.1, 0.15) is 17.2 Å². The number of aryl methyl sites for hydroxylation is 1. The Bertz CT molecular complexity index is 862. The number of pyridine rings is 1. The van der Waals surface area contributed by atoms with Crippen molar-refractivity contribution >= 4 is 5.91 Å². The second-order valence-corrected chi connectivity index (χ2v) is 6.22. The number of amides is 1. The first kappa shape index (κ1) is 18.5. The van der Waals surface area contributed by atoms with Crippen LogP contribution in [0.1, 0.15) is 24.2 Å². The first-order valence-corrected chi connectivity index (χ1v) is 8.78. The zero-order valence-electron chi connectivity index (χ0n) is 15.4. The lowest BCUT2D eigenvalue weighted by atomic mass is 10.2. The van der Waals surface area contributed by atoms with Crippen LogP contribution >= 0.6 is 0 Å². The number of benzene rings is 2. The van der Waals surface area contributed by atoms with Crippen molar-refractivity contribution in [2.24, 2.45) is 0 Å².